The molecule has 1 aliphatic carbocycles. The summed E-state index contributed by atoms with van der Waals surface area (Å²) in [5.74, 6) is 1.51. The second-order valence-corrected chi connectivity index (χ2v) is 5.82. The van der Waals surface area contributed by atoms with Gasteiger partial charge in [0.1, 0.15) is 0 Å². The van der Waals surface area contributed by atoms with Crippen LogP contribution in [0.5, 0.6) is 0 Å². The van der Waals surface area contributed by atoms with Crippen molar-refractivity contribution >= 4 is 16.5 Å². The number of nitrogen functional groups attached to an aromatic ring is 1. The molecule has 1 aliphatic rings. The van der Waals surface area contributed by atoms with Crippen molar-refractivity contribution in [1.82, 2.24) is 0 Å². The lowest BCUT2D eigenvalue weighted by molar-refractivity contribution is 0.350. The van der Waals surface area contributed by atoms with Crippen molar-refractivity contribution < 1.29 is 4.21 Å². The molecule has 1 atom stereocenters. The Morgan fingerprint density at radius 2 is 2.20 bits per heavy atom. The van der Waals surface area contributed by atoms with Gasteiger partial charge in [-0.1, -0.05) is 6.42 Å². The zero-order valence-corrected chi connectivity index (χ0v) is 9.85. The highest BCUT2D eigenvalue weighted by Gasteiger charge is 2.20. The largest absolute Gasteiger partial charge is 0.399 e. The van der Waals surface area contributed by atoms with Crippen LogP contribution in [0.4, 0.5) is 5.69 Å². The molecule has 0 bridgehead atoms. The van der Waals surface area contributed by atoms with E-state index in [4.69, 9.17) is 5.73 Å². The van der Waals surface area contributed by atoms with E-state index >= 15 is 0 Å². The number of aryl methyl sites for hydroxylation is 1. The van der Waals surface area contributed by atoms with Gasteiger partial charge in [-0.15, -0.1) is 0 Å². The van der Waals surface area contributed by atoms with Crippen molar-refractivity contribution in [2.45, 2.75) is 31.1 Å². The van der Waals surface area contributed by atoms with Gasteiger partial charge >= 0.3 is 0 Å². The lowest BCUT2D eigenvalue weighted by atomic mass is 9.87. The van der Waals surface area contributed by atoms with Gasteiger partial charge in [-0.3, -0.25) is 4.21 Å². The summed E-state index contributed by atoms with van der Waals surface area (Å²) in [5.41, 5.74) is 7.53. The molecular formula is C12H17NOS. The van der Waals surface area contributed by atoms with Crippen molar-refractivity contribution in [3.63, 3.8) is 0 Å². The van der Waals surface area contributed by atoms with E-state index in [0.717, 1.165) is 21.9 Å². The van der Waals surface area contributed by atoms with Crippen LogP contribution < -0.4 is 5.73 Å². The molecule has 0 amide bonds. The lowest BCUT2D eigenvalue weighted by Crippen LogP contribution is -2.18. The van der Waals surface area contributed by atoms with Gasteiger partial charge in [-0.2, -0.15) is 0 Å². The average molecular weight is 223 g/mol. The summed E-state index contributed by atoms with van der Waals surface area (Å²) < 4.78 is 12.0. The molecule has 0 radical (unpaired) electrons. The molecule has 3 heteroatoms. The monoisotopic (exact) mass is 223 g/mol. The maximum absolute atomic E-state index is 12.0. The number of benzene rings is 1. The molecule has 15 heavy (non-hydrogen) atoms. The minimum absolute atomic E-state index is 0.684. The number of anilines is 1. The van der Waals surface area contributed by atoms with Crippen LogP contribution in [0.3, 0.4) is 0 Å². The molecule has 2 rings (SSSR count). The highest BCUT2D eigenvalue weighted by Crippen LogP contribution is 2.28. The maximum atomic E-state index is 12.0. The third-order valence-corrected chi connectivity index (χ3v) is 4.67. The van der Waals surface area contributed by atoms with Crippen molar-refractivity contribution in [1.29, 1.82) is 0 Å². The first-order chi connectivity index (χ1) is 7.16. The van der Waals surface area contributed by atoms with Gasteiger partial charge in [0.25, 0.3) is 0 Å². The predicted molar refractivity (Wildman–Crippen MR) is 64.2 cm³/mol. The van der Waals surface area contributed by atoms with E-state index in [-0.39, 0.29) is 0 Å². The van der Waals surface area contributed by atoms with Crippen molar-refractivity contribution in [2.75, 3.05) is 11.5 Å². The molecule has 1 unspecified atom stereocenters. The third kappa shape index (κ3) is 2.40. The second-order valence-electron chi connectivity index (χ2n) is 4.33. The van der Waals surface area contributed by atoms with Crippen LogP contribution in [-0.4, -0.2) is 9.96 Å². The Labute approximate surface area is 93.3 Å². The number of hydrogen-bond acceptors (Lipinski definition) is 2. The average Bonchev–Trinajstić information content (AvgIpc) is 2.15. The fraction of sp³-hybridized carbons (Fsp3) is 0.500. The van der Waals surface area contributed by atoms with E-state index in [1.165, 1.54) is 19.3 Å². The molecule has 0 spiro atoms. The summed E-state index contributed by atoms with van der Waals surface area (Å²) >= 11 is 0. The summed E-state index contributed by atoms with van der Waals surface area (Å²) in [6.07, 6.45) is 3.81. The molecule has 1 aromatic rings. The van der Waals surface area contributed by atoms with Crippen LogP contribution in [-0.2, 0) is 10.8 Å². The minimum atomic E-state index is -0.836. The first kappa shape index (κ1) is 10.7. The molecule has 2 nitrogen and oxygen atoms in total. The van der Waals surface area contributed by atoms with Crippen molar-refractivity contribution in [3.05, 3.63) is 23.8 Å². The van der Waals surface area contributed by atoms with Crippen LogP contribution in [0.15, 0.2) is 23.1 Å². The molecular weight excluding hydrogens is 206 g/mol. The fourth-order valence-corrected chi connectivity index (χ4v) is 3.24. The Balaban J connectivity index is 2.07. The van der Waals surface area contributed by atoms with E-state index in [0.29, 0.717) is 5.92 Å². The molecule has 82 valence electrons. The highest BCUT2D eigenvalue weighted by molar-refractivity contribution is 7.85. The Bertz CT molecular complexity index is 385. The quantitative estimate of drug-likeness (QED) is 0.800. The fourth-order valence-electron chi connectivity index (χ4n) is 1.76. The molecule has 0 saturated heterocycles. The predicted octanol–water partition coefficient (Wildman–Crippen LogP) is 2.48. The summed E-state index contributed by atoms with van der Waals surface area (Å²) in [7, 11) is -0.836. The zero-order chi connectivity index (χ0) is 10.8. The maximum Gasteiger partial charge on any atom is 0.0532 e. The van der Waals surface area contributed by atoms with Gasteiger partial charge in [0.2, 0.25) is 0 Å². The first-order valence-electron chi connectivity index (χ1n) is 5.41. The van der Waals surface area contributed by atoms with Crippen molar-refractivity contribution in [2.24, 2.45) is 5.92 Å². The van der Waals surface area contributed by atoms with E-state index in [1.807, 2.05) is 25.1 Å². The van der Waals surface area contributed by atoms with Crippen LogP contribution in [0.25, 0.3) is 0 Å². The molecule has 0 aromatic heterocycles. The summed E-state index contributed by atoms with van der Waals surface area (Å²) in [6.45, 7) is 1.96. The topological polar surface area (TPSA) is 43.1 Å². The standard InChI is InChI=1S/C12H17NOS/c1-9-7-11(5-6-12(9)13)15(14)8-10-3-2-4-10/h5-7,10H,2-4,8,13H2,1H3. The normalized spacial score (nSPS) is 18.5. The molecule has 0 heterocycles. The Morgan fingerprint density at radius 3 is 2.73 bits per heavy atom. The van der Waals surface area contributed by atoms with E-state index in [2.05, 4.69) is 0 Å². The summed E-state index contributed by atoms with van der Waals surface area (Å²) in [5, 5.41) is 0. The van der Waals surface area contributed by atoms with Gasteiger partial charge in [0.15, 0.2) is 0 Å². The molecule has 2 N–H and O–H groups in total. The van der Waals surface area contributed by atoms with Gasteiger partial charge in [-0.25, -0.2) is 0 Å². The third-order valence-electron chi connectivity index (χ3n) is 3.12. The molecule has 1 fully saturated rings. The summed E-state index contributed by atoms with van der Waals surface area (Å²) in [6, 6.07) is 5.69. The molecule has 1 saturated carbocycles. The number of rotatable bonds is 3. The second kappa shape index (κ2) is 4.35. The Hall–Kier alpha value is -0.830. The zero-order valence-electron chi connectivity index (χ0n) is 9.03. The van der Waals surface area contributed by atoms with Gasteiger partial charge < -0.3 is 5.73 Å². The lowest BCUT2D eigenvalue weighted by Gasteiger charge is -2.24. The Morgan fingerprint density at radius 1 is 1.47 bits per heavy atom. The van der Waals surface area contributed by atoms with Crippen LogP contribution in [0.2, 0.25) is 0 Å². The first-order valence-corrected chi connectivity index (χ1v) is 6.73. The van der Waals surface area contributed by atoms with Crippen LogP contribution in [0, 0.1) is 12.8 Å². The van der Waals surface area contributed by atoms with Crippen molar-refractivity contribution in [3.8, 4) is 0 Å². The summed E-state index contributed by atoms with van der Waals surface area (Å²) in [4.78, 5) is 0.925. The SMILES string of the molecule is Cc1cc(S(=O)CC2CCC2)ccc1N. The minimum Gasteiger partial charge on any atom is -0.399 e. The van der Waals surface area contributed by atoms with Crippen LogP contribution >= 0.6 is 0 Å². The molecule has 1 aromatic carbocycles. The van der Waals surface area contributed by atoms with E-state index in [9.17, 15) is 4.21 Å². The van der Waals surface area contributed by atoms with E-state index in [1.54, 1.807) is 0 Å². The van der Waals surface area contributed by atoms with Gasteiger partial charge in [0, 0.05) is 16.3 Å². The highest BCUT2D eigenvalue weighted by atomic mass is 32.2. The Kier molecular flexibility index (Phi) is 3.10. The van der Waals surface area contributed by atoms with E-state index < -0.39 is 10.8 Å². The number of nitrogens with two attached hydrogens (primary N) is 1. The number of hydrogen-bond donors (Lipinski definition) is 1. The molecule has 0 aliphatic heterocycles. The van der Waals surface area contributed by atoms with Gasteiger partial charge in [0.05, 0.1) is 10.8 Å². The van der Waals surface area contributed by atoms with Crippen LogP contribution in [0.1, 0.15) is 24.8 Å². The smallest absolute Gasteiger partial charge is 0.0532 e. The van der Waals surface area contributed by atoms with Gasteiger partial charge in [-0.05, 0) is 49.4 Å².